The van der Waals surface area contributed by atoms with Crippen LogP contribution in [-0.4, -0.2) is 27.8 Å². The molecule has 1 fully saturated rings. The van der Waals surface area contributed by atoms with Crippen molar-refractivity contribution in [2.75, 3.05) is 18.7 Å². The fourth-order valence-electron chi connectivity index (χ4n) is 2.56. The Morgan fingerprint density at radius 2 is 2.30 bits per heavy atom. The van der Waals surface area contributed by atoms with Gasteiger partial charge >= 0.3 is 0 Å². The Labute approximate surface area is 204 Å². The van der Waals surface area contributed by atoms with E-state index < -0.39 is 104 Å². The number of nitrogens with two attached hydrogens (primary N) is 1. The van der Waals surface area contributed by atoms with Gasteiger partial charge in [-0.2, -0.15) is 5.10 Å². The number of rotatable bonds is 5. The summed E-state index contributed by atoms with van der Waals surface area (Å²) in [4.78, 5) is 3.71. The van der Waals surface area contributed by atoms with Crippen LogP contribution in [0.25, 0.3) is 11.1 Å². The van der Waals surface area contributed by atoms with Gasteiger partial charge in [-0.25, -0.2) is 9.37 Å². The average molecular weight is 430 g/mol. The summed E-state index contributed by atoms with van der Waals surface area (Å²) in [5, 5.41) is 5.37. The van der Waals surface area contributed by atoms with Gasteiger partial charge in [0.1, 0.15) is 11.9 Å². The third kappa shape index (κ3) is 4.03. The van der Waals surface area contributed by atoms with E-state index in [1.54, 1.807) is 5.32 Å². The number of halogens is 1. The van der Waals surface area contributed by atoms with Gasteiger partial charge in [0.15, 0.2) is 11.6 Å². The third-order valence-electron chi connectivity index (χ3n) is 4.03. The number of hydrogen-bond acceptors (Lipinski definition) is 5. The quantitative estimate of drug-likeness (QED) is 0.630. The lowest BCUT2D eigenvalue weighted by Gasteiger charge is -2.22. The number of aromatic nitrogens is 3. The number of pyridine rings is 1. The number of anilines is 1. The molecule has 1 atom stereocenters. The lowest BCUT2D eigenvalue weighted by atomic mass is 9.98. The highest BCUT2D eigenvalue weighted by Crippen LogP contribution is 2.33. The van der Waals surface area contributed by atoms with E-state index in [-0.39, 0.29) is 10.2 Å². The highest BCUT2D eigenvalue weighted by Gasteiger charge is 2.19. The summed E-state index contributed by atoms with van der Waals surface area (Å²) >= 11 is 0. The second-order valence-corrected chi connectivity index (χ2v) is 5.95. The lowest BCUT2D eigenvalue weighted by Crippen LogP contribution is -2.29. The van der Waals surface area contributed by atoms with Crippen LogP contribution >= 0.6 is 0 Å². The molecule has 2 aromatic heterocycles. The van der Waals surface area contributed by atoms with Gasteiger partial charge in [-0.15, -0.1) is 0 Å². The van der Waals surface area contributed by atoms with E-state index in [0.29, 0.717) is 12.1 Å². The fourth-order valence-corrected chi connectivity index (χ4v) is 2.56. The zero-order chi connectivity index (χ0) is 38.6. The van der Waals surface area contributed by atoms with Crippen LogP contribution in [0, 0.1) is 19.5 Å². The molecule has 3 heterocycles. The van der Waals surface area contributed by atoms with Crippen molar-refractivity contribution in [1.82, 2.24) is 20.1 Å². The van der Waals surface area contributed by atoms with Crippen molar-refractivity contribution in [1.29, 1.82) is 0 Å². The van der Waals surface area contributed by atoms with E-state index >= 15 is 4.39 Å². The van der Waals surface area contributed by atoms with E-state index in [0.717, 1.165) is 18.5 Å². The highest BCUT2D eigenvalue weighted by atomic mass is 19.1. The zero-order valence-corrected chi connectivity index (χ0v) is 15.1. The largest absolute Gasteiger partial charge is 0.482 e. The maximum atomic E-state index is 15.1. The number of hydrogen-bond donors (Lipinski definition) is 2. The fraction of sp³-hybridized carbons (Fsp3) is 0.391. The van der Waals surface area contributed by atoms with Crippen molar-refractivity contribution in [2.24, 2.45) is 0 Å². The molecule has 7 heteroatoms. The van der Waals surface area contributed by atoms with Crippen LogP contribution in [0.4, 0.5) is 10.2 Å². The van der Waals surface area contributed by atoms with Crippen LogP contribution < -0.4 is 15.8 Å². The number of ether oxygens (including phenoxy) is 1. The average Bonchev–Trinajstić information content (AvgIpc) is 3.40. The van der Waals surface area contributed by atoms with E-state index in [9.17, 15) is 0 Å². The molecule has 1 aromatic carbocycles. The smallest absolute Gasteiger partial charge is 0.166 e. The number of nitrogen functional groups attached to an aromatic ring is 1. The molecule has 0 saturated carbocycles. The van der Waals surface area contributed by atoms with Gasteiger partial charge in [-0.1, -0.05) is 6.07 Å². The molecule has 158 valence electrons. The Balaban J connectivity index is 1.96. The first-order chi connectivity index (χ1) is 22.2. The Kier molecular flexibility index (Phi) is 2.06. The molecule has 0 radical (unpaired) electrons. The van der Waals surface area contributed by atoms with Crippen LogP contribution in [0.1, 0.15) is 75.8 Å². The molecule has 4 rings (SSSR count). The highest BCUT2D eigenvalue weighted by molar-refractivity contribution is 5.66. The molecular weight excluding hydrogens is 381 g/mol. The summed E-state index contributed by atoms with van der Waals surface area (Å²) in [6, 6.07) is -1.65. The van der Waals surface area contributed by atoms with Gasteiger partial charge in [-0.3, -0.25) is 4.68 Å². The van der Waals surface area contributed by atoms with Crippen molar-refractivity contribution in [2.45, 2.75) is 45.4 Å². The molecule has 0 unspecified atom stereocenters. The van der Waals surface area contributed by atoms with Crippen molar-refractivity contribution >= 4 is 5.82 Å². The minimum atomic E-state index is -3.78. The molecule has 0 spiro atoms. The normalized spacial score (nSPS) is 35.8. The van der Waals surface area contributed by atoms with Crippen LogP contribution in [0.3, 0.4) is 0 Å². The number of piperidine rings is 1. The van der Waals surface area contributed by atoms with Gasteiger partial charge in [0.05, 0.1) is 16.3 Å². The van der Waals surface area contributed by atoms with Gasteiger partial charge in [-0.05, 0) is 69.6 Å². The van der Waals surface area contributed by atoms with Gasteiger partial charge < -0.3 is 15.8 Å². The minimum Gasteiger partial charge on any atom is -0.482 e. The molecular formula is C23H28FN5O. The van der Waals surface area contributed by atoms with Crippen molar-refractivity contribution in [3.63, 3.8) is 0 Å². The van der Waals surface area contributed by atoms with Crippen LogP contribution in [0.5, 0.6) is 5.75 Å². The summed E-state index contributed by atoms with van der Waals surface area (Å²) in [6.45, 7) is -17.3. The summed E-state index contributed by atoms with van der Waals surface area (Å²) in [7, 11) is 0. The number of aryl methyl sites for hydroxylation is 1. The van der Waals surface area contributed by atoms with Crippen molar-refractivity contribution in [3.05, 3.63) is 59.3 Å². The number of nitrogens with one attached hydrogen (secondary N) is 1. The Hall–Kier alpha value is -2.93. The second-order valence-electron chi connectivity index (χ2n) is 5.95. The summed E-state index contributed by atoms with van der Waals surface area (Å²) in [5.74, 6) is -3.25. The molecule has 1 aliphatic rings. The Bertz CT molecular complexity index is 1790. The van der Waals surface area contributed by atoms with E-state index in [1.165, 1.54) is 0 Å². The first-order valence-corrected chi connectivity index (χ1v) is 8.34. The maximum absolute atomic E-state index is 15.1. The van der Waals surface area contributed by atoms with Gasteiger partial charge in [0, 0.05) is 52.4 Å². The monoisotopic (exact) mass is 429 g/mol. The SMILES string of the molecule is [2H]c1nc(N)c(O[C@]([2H])(c2c(C([2H])([2H])[2H])ccc(F)c2C([2H])([2H])[2H])C([2H])([2H])[2H])cc1-c1cnn(C2([2H])C([2H])([2H])C([2H])([2H])NC([2H])([2H])C2([2H])[2H])c1. The molecule has 0 aliphatic carbocycles. The van der Waals surface area contributed by atoms with E-state index in [4.69, 9.17) is 37.9 Å². The zero-order valence-electron chi connectivity index (χ0n) is 35.1. The topological polar surface area (TPSA) is 78.0 Å². The first-order valence-electron chi connectivity index (χ1n) is 18.3. The Morgan fingerprint density at radius 3 is 3.07 bits per heavy atom. The van der Waals surface area contributed by atoms with Crippen LogP contribution in [-0.2, 0) is 0 Å². The van der Waals surface area contributed by atoms with E-state index in [1.807, 2.05) is 0 Å². The third-order valence-corrected chi connectivity index (χ3v) is 4.03. The standard InChI is InChI=1S/C23H28FN5O/c1-14-4-5-20(24)15(2)22(14)16(3)30-21-10-17(11-27-23(21)25)18-12-28-29(13-18)19-6-8-26-9-7-19/h4-5,10-13,16,19,26H,6-9H2,1-3H3,(H2,25,27)/t16-/m0/s1/i1D3,2D3,3D3,6D2,7D2,8D2,9D2,11D,16D,19D. The Morgan fingerprint density at radius 1 is 1.43 bits per heavy atom. The molecule has 3 aromatic rings. The number of nitrogens with zero attached hydrogens (tertiary/aromatic N) is 3. The summed E-state index contributed by atoms with van der Waals surface area (Å²) in [6.07, 6.45) is -9.99. The predicted octanol–water partition coefficient (Wildman–Crippen LogP) is 4.35. The molecule has 0 bridgehead atoms. The molecule has 1 saturated heterocycles. The molecule has 6 nitrogen and oxygen atoms in total. The molecule has 0 amide bonds. The first kappa shape index (κ1) is 7.34. The van der Waals surface area contributed by atoms with Crippen molar-refractivity contribution in [3.8, 4) is 16.9 Å². The van der Waals surface area contributed by atoms with Gasteiger partial charge in [0.2, 0.25) is 0 Å². The number of benzene rings is 1. The summed E-state index contributed by atoms with van der Waals surface area (Å²) < 4.78 is 184. The predicted molar refractivity (Wildman–Crippen MR) is 116 cm³/mol. The summed E-state index contributed by atoms with van der Waals surface area (Å²) in [5.41, 5.74) is 1.26. The van der Waals surface area contributed by atoms with Crippen LogP contribution in [0.15, 0.2) is 36.8 Å². The van der Waals surface area contributed by atoms with Crippen LogP contribution in [0.2, 0.25) is 0 Å². The molecule has 3 N–H and O–H groups in total. The maximum Gasteiger partial charge on any atom is 0.166 e. The van der Waals surface area contributed by atoms with Crippen molar-refractivity contribution < 1.29 is 36.5 Å². The van der Waals surface area contributed by atoms with Gasteiger partial charge in [0.25, 0.3) is 0 Å². The molecule has 30 heavy (non-hydrogen) atoms. The van der Waals surface area contributed by atoms with E-state index in [2.05, 4.69) is 10.1 Å². The lowest BCUT2D eigenvalue weighted by molar-refractivity contribution is 0.225. The minimum absolute atomic E-state index is 0.282. The second kappa shape index (κ2) is 8.44. The molecule has 1 aliphatic heterocycles.